The van der Waals surface area contributed by atoms with Gasteiger partial charge in [-0.2, -0.15) is 0 Å². The Morgan fingerprint density at radius 2 is 1.42 bits per heavy atom. The molecule has 0 aromatic carbocycles. The Labute approximate surface area is 74.8 Å². The molecule has 0 spiro atoms. The van der Waals surface area contributed by atoms with Crippen LogP contribution in [-0.4, -0.2) is 4.98 Å². The summed E-state index contributed by atoms with van der Waals surface area (Å²) < 4.78 is 0. The summed E-state index contributed by atoms with van der Waals surface area (Å²) >= 11 is 0. The molecular weight excluding hydrogens is 146 g/mol. The summed E-state index contributed by atoms with van der Waals surface area (Å²) in [6.07, 6.45) is 3.88. The molecule has 0 bridgehead atoms. The van der Waals surface area contributed by atoms with Gasteiger partial charge in [0, 0.05) is 12.4 Å². The van der Waals surface area contributed by atoms with Crippen molar-refractivity contribution in [2.24, 2.45) is 0 Å². The molecule has 66 valence electrons. The van der Waals surface area contributed by atoms with Crippen LogP contribution in [0.15, 0.2) is 12.4 Å². The van der Waals surface area contributed by atoms with Crippen LogP contribution in [0.4, 0.5) is 0 Å². The van der Waals surface area contributed by atoms with E-state index in [2.05, 4.69) is 39.6 Å². The van der Waals surface area contributed by atoms with Crippen molar-refractivity contribution in [1.82, 2.24) is 4.98 Å². The van der Waals surface area contributed by atoms with Crippen LogP contribution < -0.4 is 0 Å². The van der Waals surface area contributed by atoms with Crippen LogP contribution in [-0.2, 0) is 5.41 Å². The third-order valence-corrected chi connectivity index (χ3v) is 2.08. The topological polar surface area (TPSA) is 12.9 Å². The average Bonchev–Trinajstić information content (AvgIpc) is 1.82. The lowest BCUT2D eigenvalue weighted by atomic mass is 9.82. The number of rotatable bonds is 0. The van der Waals surface area contributed by atoms with Gasteiger partial charge in [-0.15, -0.1) is 0 Å². The fourth-order valence-electron chi connectivity index (χ4n) is 1.88. The van der Waals surface area contributed by atoms with Crippen molar-refractivity contribution in [2.45, 2.75) is 40.0 Å². The summed E-state index contributed by atoms with van der Waals surface area (Å²) in [4.78, 5) is 4.16. The SMILES string of the molecule is Cc1cncc(C)c1C(C)(C)C. The Morgan fingerprint density at radius 3 is 1.67 bits per heavy atom. The van der Waals surface area contributed by atoms with E-state index in [4.69, 9.17) is 0 Å². The highest BCUT2D eigenvalue weighted by atomic mass is 14.6. The molecule has 0 aliphatic rings. The summed E-state index contributed by atoms with van der Waals surface area (Å²) in [6, 6.07) is 0. The van der Waals surface area contributed by atoms with Gasteiger partial charge in [-0.1, -0.05) is 20.8 Å². The van der Waals surface area contributed by atoms with Gasteiger partial charge in [-0.05, 0) is 36.0 Å². The van der Waals surface area contributed by atoms with Crippen LogP contribution >= 0.6 is 0 Å². The Morgan fingerprint density at radius 1 is 1.00 bits per heavy atom. The maximum Gasteiger partial charge on any atom is 0.0300 e. The predicted octanol–water partition coefficient (Wildman–Crippen LogP) is 3.00. The van der Waals surface area contributed by atoms with E-state index in [-0.39, 0.29) is 5.41 Å². The number of hydrogen-bond donors (Lipinski definition) is 0. The van der Waals surface area contributed by atoms with Gasteiger partial charge in [0.25, 0.3) is 0 Å². The lowest BCUT2D eigenvalue weighted by molar-refractivity contribution is 0.580. The molecule has 0 amide bonds. The van der Waals surface area contributed by atoms with E-state index >= 15 is 0 Å². The van der Waals surface area contributed by atoms with Gasteiger partial charge in [0.05, 0.1) is 0 Å². The maximum atomic E-state index is 4.16. The Bertz CT molecular complexity index is 261. The van der Waals surface area contributed by atoms with E-state index in [1.54, 1.807) is 0 Å². The van der Waals surface area contributed by atoms with Gasteiger partial charge in [0.1, 0.15) is 0 Å². The van der Waals surface area contributed by atoms with E-state index in [9.17, 15) is 0 Å². The maximum absolute atomic E-state index is 4.16. The van der Waals surface area contributed by atoms with Gasteiger partial charge in [0.2, 0.25) is 0 Å². The lowest BCUT2D eigenvalue weighted by Gasteiger charge is -2.23. The fraction of sp³-hybridized carbons (Fsp3) is 0.545. The first-order valence-corrected chi connectivity index (χ1v) is 4.34. The van der Waals surface area contributed by atoms with E-state index in [0.29, 0.717) is 0 Å². The Kier molecular flexibility index (Phi) is 2.22. The zero-order valence-corrected chi connectivity index (χ0v) is 8.60. The van der Waals surface area contributed by atoms with Crippen molar-refractivity contribution in [1.29, 1.82) is 0 Å². The quantitative estimate of drug-likeness (QED) is 0.573. The van der Waals surface area contributed by atoms with E-state index in [1.807, 2.05) is 12.4 Å². The second-order valence-electron chi connectivity index (χ2n) is 4.40. The second-order valence-corrected chi connectivity index (χ2v) is 4.40. The molecule has 0 atom stereocenters. The number of nitrogens with zero attached hydrogens (tertiary/aromatic N) is 1. The van der Waals surface area contributed by atoms with Crippen molar-refractivity contribution in [2.75, 3.05) is 0 Å². The van der Waals surface area contributed by atoms with Crippen molar-refractivity contribution in [3.05, 3.63) is 29.1 Å². The molecule has 0 aliphatic carbocycles. The largest absolute Gasteiger partial charge is 0.264 e. The summed E-state index contributed by atoms with van der Waals surface area (Å²) in [5, 5.41) is 0. The van der Waals surface area contributed by atoms with Crippen molar-refractivity contribution < 1.29 is 0 Å². The van der Waals surface area contributed by atoms with Crippen LogP contribution in [0.2, 0.25) is 0 Å². The molecule has 12 heavy (non-hydrogen) atoms. The molecule has 0 radical (unpaired) electrons. The molecule has 1 rings (SSSR count). The summed E-state index contributed by atoms with van der Waals surface area (Å²) in [5.41, 5.74) is 4.25. The number of hydrogen-bond acceptors (Lipinski definition) is 1. The van der Waals surface area contributed by atoms with E-state index in [0.717, 1.165) is 0 Å². The molecule has 1 heterocycles. The van der Waals surface area contributed by atoms with Crippen molar-refractivity contribution in [3.8, 4) is 0 Å². The first-order valence-electron chi connectivity index (χ1n) is 4.34. The van der Waals surface area contributed by atoms with Crippen LogP contribution in [0.1, 0.15) is 37.5 Å². The average molecular weight is 163 g/mol. The van der Waals surface area contributed by atoms with Crippen LogP contribution in [0.25, 0.3) is 0 Å². The summed E-state index contributed by atoms with van der Waals surface area (Å²) in [5.74, 6) is 0. The number of pyridine rings is 1. The number of aryl methyl sites for hydroxylation is 2. The van der Waals surface area contributed by atoms with Crippen molar-refractivity contribution in [3.63, 3.8) is 0 Å². The molecule has 1 nitrogen and oxygen atoms in total. The van der Waals surface area contributed by atoms with Crippen LogP contribution in [0.5, 0.6) is 0 Å². The molecule has 0 aliphatic heterocycles. The smallest absolute Gasteiger partial charge is 0.0300 e. The Hall–Kier alpha value is -0.850. The minimum absolute atomic E-state index is 0.233. The monoisotopic (exact) mass is 163 g/mol. The molecule has 0 saturated heterocycles. The molecular formula is C11H17N. The van der Waals surface area contributed by atoms with Gasteiger partial charge in [-0.25, -0.2) is 0 Å². The van der Waals surface area contributed by atoms with Crippen molar-refractivity contribution >= 4 is 0 Å². The second kappa shape index (κ2) is 2.89. The molecule has 0 unspecified atom stereocenters. The van der Waals surface area contributed by atoms with Gasteiger partial charge >= 0.3 is 0 Å². The zero-order chi connectivity index (χ0) is 9.35. The molecule has 1 aromatic rings. The highest BCUT2D eigenvalue weighted by Gasteiger charge is 2.18. The summed E-state index contributed by atoms with van der Waals surface area (Å²) in [6.45, 7) is 11.0. The first-order chi connectivity index (χ1) is 5.43. The Balaban J connectivity index is 3.31. The zero-order valence-electron chi connectivity index (χ0n) is 8.60. The van der Waals surface area contributed by atoms with E-state index < -0.39 is 0 Å². The summed E-state index contributed by atoms with van der Waals surface area (Å²) in [7, 11) is 0. The molecule has 0 fully saturated rings. The highest BCUT2D eigenvalue weighted by Crippen LogP contribution is 2.27. The number of aromatic nitrogens is 1. The predicted molar refractivity (Wildman–Crippen MR) is 52.4 cm³/mol. The minimum atomic E-state index is 0.233. The molecule has 0 saturated carbocycles. The first kappa shape index (κ1) is 9.24. The van der Waals surface area contributed by atoms with Crippen LogP contribution in [0.3, 0.4) is 0 Å². The molecule has 1 heteroatoms. The van der Waals surface area contributed by atoms with Gasteiger partial charge in [0.15, 0.2) is 0 Å². The standard InChI is InChI=1S/C11H17N/c1-8-6-12-7-9(2)10(8)11(3,4)5/h6-7H,1-5H3. The van der Waals surface area contributed by atoms with Crippen LogP contribution in [0, 0.1) is 13.8 Å². The van der Waals surface area contributed by atoms with Gasteiger partial charge < -0.3 is 0 Å². The lowest BCUT2D eigenvalue weighted by Crippen LogP contribution is -2.15. The molecule has 1 aromatic heterocycles. The normalized spacial score (nSPS) is 11.8. The minimum Gasteiger partial charge on any atom is -0.264 e. The third kappa shape index (κ3) is 1.66. The molecule has 0 N–H and O–H groups in total. The third-order valence-electron chi connectivity index (χ3n) is 2.08. The van der Waals surface area contributed by atoms with E-state index in [1.165, 1.54) is 16.7 Å². The highest BCUT2D eigenvalue weighted by molar-refractivity contribution is 5.35. The fourth-order valence-corrected chi connectivity index (χ4v) is 1.88. The van der Waals surface area contributed by atoms with Gasteiger partial charge in [-0.3, -0.25) is 4.98 Å².